The number of nitrogens with one attached hydrogen (secondary N) is 1. The average molecular weight is 600 g/mol. The minimum Gasteiger partial charge on any atom is -0.493 e. The first-order valence-electron chi connectivity index (χ1n) is 10.7. The Morgan fingerprint density at radius 2 is 1.74 bits per heavy atom. The van der Waals surface area contributed by atoms with Crippen LogP contribution in [0.4, 0.5) is 5.69 Å². The third-order valence-electron chi connectivity index (χ3n) is 6.39. The van der Waals surface area contributed by atoms with Gasteiger partial charge in [-0.15, -0.1) is 0 Å². The second kappa shape index (κ2) is 9.83. The van der Waals surface area contributed by atoms with Gasteiger partial charge in [-0.05, 0) is 75.8 Å². The fourth-order valence-electron chi connectivity index (χ4n) is 4.80. The molecule has 0 aromatic heterocycles. The number of allylic oxidation sites excluding steroid dienone is 2. The van der Waals surface area contributed by atoms with Crippen LogP contribution in [0.15, 0.2) is 59.1 Å². The Morgan fingerprint density at radius 3 is 2.50 bits per heavy atom. The molecule has 0 radical (unpaired) electrons. The molecule has 5 rings (SSSR count). The molecule has 0 saturated carbocycles. The monoisotopic (exact) mass is 597 g/mol. The second-order valence-electron chi connectivity index (χ2n) is 8.36. The van der Waals surface area contributed by atoms with Crippen molar-refractivity contribution >= 4 is 68.0 Å². The molecule has 1 N–H and O–H groups in total. The number of methoxy groups -OCH3 is 1. The summed E-state index contributed by atoms with van der Waals surface area (Å²) >= 11 is 29.0. The molecule has 3 aromatic carbocycles. The Bertz CT molecular complexity index is 1300. The lowest BCUT2D eigenvalue weighted by Crippen LogP contribution is -2.29. The SMILES string of the molecule is COc1cc([C@@H]2Nc3c(Cl)ccc(Cl)c3[C@@H]3C=CC[C@@H]32)cc(Br)c1OCc1ccc(Cl)c(Cl)c1. The van der Waals surface area contributed by atoms with E-state index in [0.29, 0.717) is 39.1 Å². The van der Waals surface area contributed by atoms with Crippen LogP contribution in [-0.4, -0.2) is 7.11 Å². The normalized spacial score (nSPS) is 20.5. The molecule has 1 aliphatic heterocycles. The highest BCUT2D eigenvalue weighted by molar-refractivity contribution is 9.10. The first-order chi connectivity index (χ1) is 16.4. The van der Waals surface area contributed by atoms with E-state index in [2.05, 4.69) is 39.5 Å². The van der Waals surface area contributed by atoms with E-state index in [1.54, 1.807) is 19.2 Å². The van der Waals surface area contributed by atoms with Crippen LogP contribution in [0.5, 0.6) is 11.5 Å². The van der Waals surface area contributed by atoms with Gasteiger partial charge in [-0.2, -0.15) is 0 Å². The van der Waals surface area contributed by atoms with E-state index in [0.717, 1.165) is 38.3 Å². The van der Waals surface area contributed by atoms with Gasteiger partial charge in [0.25, 0.3) is 0 Å². The van der Waals surface area contributed by atoms with Gasteiger partial charge in [-0.1, -0.05) is 64.6 Å². The second-order valence-corrected chi connectivity index (χ2v) is 10.8. The third kappa shape index (κ3) is 4.40. The molecule has 0 spiro atoms. The van der Waals surface area contributed by atoms with Crippen LogP contribution in [0.25, 0.3) is 0 Å². The molecule has 0 amide bonds. The zero-order valence-corrected chi connectivity index (χ0v) is 22.7. The Balaban J connectivity index is 1.47. The molecule has 8 heteroatoms. The van der Waals surface area contributed by atoms with E-state index in [9.17, 15) is 0 Å². The van der Waals surface area contributed by atoms with Gasteiger partial charge < -0.3 is 14.8 Å². The molecule has 0 fully saturated rings. The maximum Gasteiger partial charge on any atom is 0.175 e. The smallest absolute Gasteiger partial charge is 0.175 e. The summed E-state index contributed by atoms with van der Waals surface area (Å²) in [4.78, 5) is 0. The minimum absolute atomic E-state index is 0.0257. The van der Waals surface area contributed by atoms with Crippen LogP contribution >= 0.6 is 62.3 Å². The van der Waals surface area contributed by atoms with Gasteiger partial charge in [0.1, 0.15) is 6.61 Å². The van der Waals surface area contributed by atoms with Crippen molar-refractivity contribution in [2.24, 2.45) is 5.92 Å². The minimum atomic E-state index is 0.0257. The van der Waals surface area contributed by atoms with Crippen molar-refractivity contribution < 1.29 is 9.47 Å². The fraction of sp³-hybridized carbons (Fsp3) is 0.231. The molecule has 0 bridgehead atoms. The van der Waals surface area contributed by atoms with Crippen LogP contribution in [0.2, 0.25) is 20.1 Å². The maximum atomic E-state index is 6.58. The lowest BCUT2D eigenvalue weighted by atomic mass is 9.77. The summed E-state index contributed by atoms with van der Waals surface area (Å²) in [5, 5.41) is 6.06. The molecule has 176 valence electrons. The van der Waals surface area contributed by atoms with Crippen molar-refractivity contribution in [2.45, 2.75) is 25.0 Å². The Hall–Kier alpha value is -1.56. The number of halogens is 5. The largest absolute Gasteiger partial charge is 0.493 e. The van der Waals surface area contributed by atoms with Crippen molar-refractivity contribution in [3.05, 3.63) is 95.9 Å². The molecule has 34 heavy (non-hydrogen) atoms. The van der Waals surface area contributed by atoms with E-state index in [1.165, 1.54) is 0 Å². The molecule has 2 aliphatic rings. The summed E-state index contributed by atoms with van der Waals surface area (Å²) in [6.07, 6.45) is 5.40. The fourth-order valence-corrected chi connectivity index (χ4v) is 6.20. The zero-order valence-electron chi connectivity index (χ0n) is 18.0. The van der Waals surface area contributed by atoms with Gasteiger partial charge >= 0.3 is 0 Å². The zero-order chi connectivity index (χ0) is 24.0. The van der Waals surface area contributed by atoms with E-state index < -0.39 is 0 Å². The Labute approximate surface area is 227 Å². The van der Waals surface area contributed by atoms with Crippen molar-refractivity contribution in [3.8, 4) is 11.5 Å². The standard InChI is InChI=1S/C26H20BrCl4NO2/c1-33-22-11-14(10-17(27)26(22)34-12-13-5-6-18(28)21(31)9-13)24-16-4-2-3-15(16)23-19(29)7-8-20(30)25(23)32-24/h2-3,5-11,15-16,24,32H,4,12H2,1H3/t15-,16+,24+/m1/s1. The molecule has 0 saturated heterocycles. The highest BCUT2D eigenvalue weighted by Gasteiger charge is 2.40. The van der Waals surface area contributed by atoms with Gasteiger partial charge in [-0.3, -0.25) is 0 Å². The van der Waals surface area contributed by atoms with Crippen LogP contribution in [-0.2, 0) is 6.61 Å². The van der Waals surface area contributed by atoms with Gasteiger partial charge in [0.2, 0.25) is 0 Å². The van der Waals surface area contributed by atoms with Crippen LogP contribution in [0, 0.1) is 5.92 Å². The maximum absolute atomic E-state index is 6.58. The first-order valence-corrected chi connectivity index (χ1v) is 13.0. The molecular formula is C26H20BrCl4NO2. The molecule has 1 heterocycles. The molecule has 0 unspecified atom stereocenters. The first kappa shape index (κ1) is 24.1. The lowest BCUT2D eigenvalue weighted by molar-refractivity contribution is 0.282. The van der Waals surface area contributed by atoms with Gasteiger partial charge in [0.05, 0.1) is 38.4 Å². The predicted molar refractivity (Wildman–Crippen MR) is 144 cm³/mol. The van der Waals surface area contributed by atoms with Crippen LogP contribution < -0.4 is 14.8 Å². The lowest BCUT2D eigenvalue weighted by Gasteiger charge is -2.38. The number of hydrogen-bond acceptors (Lipinski definition) is 3. The summed E-state index contributed by atoms with van der Waals surface area (Å²) in [6.45, 7) is 0.322. The van der Waals surface area contributed by atoms with E-state index in [4.69, 9.17) is 55.9 Å². The van der Waals surface area contributed by atoms with Crippen molar-refractivity contribution in [1.29, 1.82) is 0 Å². The number of hydrogen-bond donors (Lipinski definition) is 1. The average Bonchev–Trinajstić information content (AvgIpc) is 3.31. The number of anilines is 1. The van der Waals surface area contributed by atoms with E-state index in [1.807, 2.05) is 24.3 Å². The van der Waals surface area contributed by atoms with Crippen LogP contribution in [0.3, 0.4) is 0 Å². The van der Waals surface area contributed by atoms with Crippen molar-refractivity contribution in [1.82, 2.24) is 0 Å². The van der Waals surface area contributed by atoms with Gasteiger partial charge in [0, 0.05) is 16.5 Å². The highest BCUT2D eigenvalue weighted by atomic mass is 79.9. The summed E-state index contributed by atoms with van der Waals surface area (Å²) < 4.78 is 12.6. The number of fused-ring (bicyclic) bond motifs is 3. The Kier molecular flexibility index (Phi) is 6.98. The summed E-state index contributed by atoms with van der Waals surface area (Å²) in [7, 11) is 1.64. The highest BCUT2D eigenvalue weighted by Crippen LogP contribution is 2.54. The molecule has 1 aliphatic carbocycles. The van der Waals surface area contributed by atoms with Crippen LogP contribution in [0.1, 0.15) is 35.1 Å². The molecule has 3 atom stereocenters. The summed E-state index contributed by atoms with van der Waals surface area (Å²) in [5.41, 5.74) is 3.94. The van der Waals surface area contributed by atoms with E-state index >= 15 is 0 Å². The van der Waals surface area contributed by atoms with Crippen molar-refractivity contribution in [2.75, 3.05) is 12.4 Å². The van der Waals surface area contributed by atoms with Crippen molar-refractivity contribution in [3.63, 3.8) is 0 Å². The number of benzene rings is 3. The van der Waals surface area contributed by atoms with Gasteiger partial charge in [0.15, 0.2) is 11.5 Å². The van der Waals surface area contributed by atoms with Gasteiger partial charge in [-0.25, -0.2) is 0 Å². The molecule has 3 nitrogen and oxygen atoms in total. The van der Waals surface area contributed by atoms with E-state index in [-0.39, 0.29) is 12.0 Å². The number of rotatable bonds is 5. The molecule has 3 aromatic rings. The third-order valence-corrected chi connectivity index (χ3v) is 8.37. The summed E-state index contributed by atoms with van der Waals surface area (Å²) in [5.74, 6) is 1.76. The topological polar surface area (TPSA) is 30.5 Å². The Morgan fingerprint density at radius 1 is 0.971 bits per heavy atom. The summed E-state index contributed by atoms with van der Waals surface area (Å²) in [6, 6.07) is 13.3. The predicted octanol–water partition coefficient (Wildman–Crippen LogP) is 9.48. The molecular weight excluding hydrogens is 580 g/mol. The quantitative estimate of drug-likeness (QED) is 0.296. The number of ether oxygens (including phenoxy) is 2.